The Morgan fingerprint density at radius 1 is 1.15 bits per heavy atom. The van der Waals surface area contributed by atoms with Crippen LogP contribution in [0, 0.1) is 17.8 Å². The molecule has 0 radical (unpaired) electrons. The highest BCUT2D eigenvalue weighted by atomic mass is 32.2. The third-order valence-electron chi connectivity index (χ3n) is 6.27. The first kappa shape index (κ1) is 20.4. The SMILES string of the molecule is COC12CC3CC(OC(C)C)(CC(C1)C3COCC(F)(F)S(=O)(=O)O)C2. The molecule has 0 spiro atoms. The van der Waals surface area contributed by atoms with Crippen LogP contribution < -0.4 is 0 Å². The predicted octanol–water partition coefficient (Wildman–Crippen LogP) is 2.87. The van der Waals surface area contributed by atoms with Crippen LogP contribution in [0.1, 0.15) is 46.0 Å². The highest BCUT2D eigenvalue weighted by molar-refractivity contribution is 7.86. The van der Waals surface area contributed by atoms with Gasteiger partial charge in [0.15, 0.2) is 0 Å². The third kappa shape index (κ3) is 3.65. The molecule has 4 aliphatic rings. The molecule has 0 heterocycles. The molecule has 2 atom stereocenters. The average molecular weight is 398 g/mol. The Hall–Kier alpha value is -0.350. The molecule has 6 nitrogen and oxygen atoms in total. The van der Waals surface area contributed by atoms with Crippen LogP contribution in [0.15, 0.2) is 0 Å². The molecule has 0 amide bonds. The van der Waals surface area contributed by atoms with Crippen molar-refractivity contribution in [1.82, 2.24) is 0 Å². The molecular formula is C17H28F2O6S. The second kappa shape index (κ2) is 6.62. The number of methoxy groups -OCH3 is 1. The standard InChI is InChI=1S/C17H28F2O6S/c1-11(2)25-16-6-12-4-15(9-16,23-3)5-13(7-16)14(12)8-24-10-17(18,19)26(20,21)22/h11-14H,4-10H2,1-3H3,(H,20,21,22). The van der Waals surface area contributed by atoms with Crippen molar-refractivity contribution < 1.29 is 36.0 Å². The van der Waals surface area contributed by atoms with Gasteiger partial charge in [-0.3, -0.25) is 4.55 Å². The minimum absolute atomic E-state index is 0.0536. The van der Waals surface area contributed by atoms with E-state index in [0.717, 1.165) is 32.1 Å². The van der Waals surface area contributed by atoms with Crippen LogP contribution in [0.4, 0.5) is 8.78 Å². The monoisotopic (exact) mass is 398 g/mol. The fraction of sp³-hybridized carbons (Fsp3) is 1.00. The molecule has 2 unspecified atom stereocenters. The zero-order valence-electron chi connectivity index (χ0n) is 15.4. The van der Waals surface area contributed by atoms with Crippen LogP contribution >= 0.6 is 0 Å². The number of ether oxygens (including phenoxy) is 3. The van der Waals surface area contributed by atoms with E-state index >= 15 is 0 Å². The lowest BCUT2D eigenvalue weighted by Gasteiger charge is -2.64. The molecule has 0 aromatic heterocycles. The molecule has 0 aromatic carbocycles. The van der Waals surface area contributed by atoms with Gasteiger partial charge in [0.25, 0.3) is 0 Å². The van der Waals surface area contributed by atoms with Crippen LogP contribution in [0.3, 0.4) is 0 Å². The topological polar surface area (TPSA) is 82.1 Å². The molecule has 4 rings (SSSR count). The molecule has 0 aliphatic heterocycles. The zero-order valence-corrected chi connectivity index (χ0v) is 16.2. The lowest BCUT2D eigenvalue weighted by atomic mass is 9.48. The Morgan fingerprint density at radius 2 is 1.69 bits per heavy atom. The van der Waals surface area contributed by atoms with E-state index in [-0.39, 0.29) is 41.7 Å². The summed E-state index contributed by atoms with van der Waals surface area (Å²) >= 11 is 0. The normalized spacial score (nSPS) is 39.7. The van der Waals surface area contributed by atoms with E-state index in [9.17, 15) is 17.2 Å². The van der Waals surface area contributed by atoms with Crippen molar-refractivity contribution in [3.05, 3.63) is 0 Å². The fourth-order valence-electron chi connectivity index (χ4n) is 5.63. The number of hydrogen-bond donors (Lipinski definition) is 1. The van der Waals surface area contributed by atoms with Gasteiger partial charge >= 0.3 is 15.4 Å². The quantitative estimate of drug-likeness (QED) is 0.633. The van der Waals surface area contributed by atoms with Gasteiger partial charge in [0.05, 0.1) is 23.9 Å². The van der Waals surface area contributed by atoms with Gasteiger partial charge in [0.1, 0.15) is 6.61 Å². The summed E-state index contributed by atoms with van der Waals surface area (Å²) in [6.45, 7) is 2.75. The lowest BCUT2D eigenvalue weighted by molar-refractivity contribution is -0.260. The van der Waals surface area contributed by atoms with E-state index in [4.69, 9.17) is 18.8 Å². The fourth-order valence-corrected chi connectivity index (χ4v) is 5.86. The van der Waals surface area contributed by atoms with Crippen LogP contribution in [-0.2, 0) is 24.3 Å². The molecule has 1 N–H and O–H groups in total. The van der Waals surface area contributed by atoms with Crippen molar-refractivity contribution in [2.45, 2.75) is 68.5 Å². The van der Waals surface area contributed by atoms with Crippen molar-refractivity contribution in [3.8, 4) is 0 Å². The first-order chi connectivity index (χ1) is 11.9. The van der Waals surface area contributed by atoms with Gasteiger partial charge in [0, 0.05) is 13.5 Å². The van der Waals surface area contributed by atoms with E-state index in [2.05, 4.69) is 0 Å². The van der Waals surface area contributed by atoms with Crippen molar-refractivity contribution in [2.24, 2.45) is 17.8 Å². The van der Waals surface area contributed by atoms with Gasteiger partial charge in [-0.25, -0.2) is 0 Å². The number of hydrogen-bond acceptors (Lipinski definition) is 5. The summed E-state index contributed by atoms with van der Waals surface area (Å²) in [5.41, 5.74) is -0.458. The molecule has 4 aliphatic carbocycles. The van der Waals surface area contributed by atoms with Crippen LogP contribution in [0.5, 0.6) is 0 Å². The Balaban J connectivity index is 1.68. The second-order valence-electron chi connectivity index (χ2n) is 8.54. The summed E-state index contributed by atoms with van der Waals surface area (Å²) in [6, 6.07) is 0. The van der Waals surface area contributed by atoms with Gasteiger partial charge in [-0.15, -0.1) is 0 Å². The van der Waals surface area contributed by atoms with Crippen LogP contribution in [0.2, 0.25) is 0 Å². The molecule has 26 heavy (non-hydrogen) atoms. The predicted molar refractivity (Wildman–Crippen MR) is 89.6 cm³/mol. The molecule has 4 saturated carbocycles. The van der Waals surface area contributed by atoms with Crippen LogP contribution in [-0.4, -0.2) is 55.9 Å². The van der Waals surface area contributed by atoms with Gasteiger partial charge in [-0.05, 0) is 57.3 Å². The van der Waals surface area contributed by atoms with Gasteiger partial charge in [0.2, 0.25) is 0 Å². The average Bonchev–Trinajstić information content (AvgIpc) is 2.47. The summed E-state index contributed by atoms with van der Waals surface area (Å²) in [4.78, 5) is 0. The summed E-state index contributed by atoms with van der Waals surface area (Å²) < 4.78 is 73.9. The smallest absolute Gasteiger partial charge is 0.378 e. The number of halogens is 2. The Bertz CT molecular complexity index is 619. The maximum Gasteiger partial charge on any atom is 0.392 e. The molecule has 0 saturated heterocycles. The first-order valence-electron chi connectivity index (χ1n) is 9.07. The minimum Gasteiger partial charge on any atom is -0.378 e. The molecule has 152 valence electrons. The minimum atomic E-state index is -5.46. The van der Waals surface area contributed by atoms with Gasteiger partial charge in [-0.1, -0.05) is 0 Å². The highest BCUT2D eigenvalue weighted by Crippen LogP contribution is 2.62. The number of alkyl halides is 2. The maximum atomic E-state index is 13.4. The number of rotatable bonds is 8. The van der Waals surface area contributed by atoms with E-state index in [1.807, 2.05) is 13.8 Å². The molecule has 9 heteroatoms. The Morgan fingerprint density at radius 3 is 2.15 bits per heavy atom. The highest BCUT2D eigenvalue weighted by Gasteiger charge is 2.62. The van der Waals surface area contributed by atoms with Gasteiger partial charge in [-0.2, -0.15) is 17.2 Å². The summed E-state index contributed by atoms with van der Waals surface area (Å²) in [5, 5.41) is -4.28. The lowest BCUT2D eigenvalue weighted by Crippen LogP contribution is -2.64. The van der Waals surface area contributed by atoms with E-state index in [0.29, 0.717) is 0 Å². The van der Waals surface area contributed by atoms with Crippen molar-refractivity contribution >= 4 is 10.1 Å². The van der Waals surface area contributed by atoms with Crippen LogP contribution in [0.25, 0.3) is 0 Å². The van der Waals surface area contributed by atoms with E-state index in [1.54, 1.807) is 7.11 Å². The first-order valence-corrected chi connectivity index (χ1v) is 10.5. The molecule has 4 bridgehead atoms. The van der Waals surface area contributed by atoms with Crippen molar-refractivity contribution in [1.29, 1.82) is 0 Å². The summed E-state index contributed by atoms with van der Waals surface area (Å²) in [6.07, 6.45) is 4.32. The maximum absolute atomic E-state index is 13.4. The third-order valence-corrected chi connectivity index (χ3v) is 7.14. The molecular weight excluding hydrogens is 370 g/mol. The van der Waals surface area contributed by atoms with Crippen molar-refractivity contribution in [3.63, 3.8) is 0 Å². The molecule has 0 aromatic rings. The summed E-state index contributed by atoms with van der Waals surface area (Å²) in [7, 11) is -3.74. The van der Waals surface area contributed by atoms with Gasteiger partial charge < -0.3 is 14.2 Å². The van der Waals surface area contributed by atoms with Crippen molar-refractivity contribution in [2.75, 3.05) is 20.3 Å². The van der Waals surface area contributed by atoms with E-state index in [1.165, 1.54) is 0 Å². The largest absolute Gasteiger partial charge is 0.392 e. The molecule has 4 fully saturated rings. The Kier molecular flexibility index (Phi) is 5.19. The van der Waals surface area contributed by atoms with E-state index < -0.39 is 22.0 Å². The summed E-state index contributed by atoms with van der Waals surface area (Å²) in [5.74, 6) is 0.531. The zero-order chi connectivity index (χ0) is 19.4. The Labute approximate surface area is 153 Å². The second-order valence-corrected chi connectivity index (χ2v) is 10.1.